The minimum Gasteiger partial charge on any atom is -0.356 e. The molecule has 98 valence electrons. The zero-order valence-electron chi connectivity index (χ0n) is 9.92. The van der Waals surface area contributed by atoms with Crippen LogP contribution in [0, 0.1) is 0 Å². The van der Waals surface area contributed by atoms with Gasteiger partial charge in [-0.25, -0.2) is 8.42 Å². The van der Waals surface area contributed by atoms with Crippen LogP contribution >= 0.6 is 23.6 Å². The second kappa shape index (κ2) is 4.18. The van der Waals surface area contributed by atoms with Gasteiger partial charge in [-0.3, -0.25) is 0 Å². The molecular formula is C11H14N2O2S3. The molecule has 0 radical (unpaired) electrons. The quantitative estimate of drug-likeness (QED) is 0.831. The van der Waals surface area contributed by atoms with Crippen LogP contribution in [-0.4, -0.2) is 37.1 Å². The molecule has 18 heavy (non-hydrogen) atoms. The highest BCUT2D eigenvalue weighted by molar-refractivity contribution is 7.91. The van der Waals surface area contributed by atoms with Crippen molar-refractivity contribution in [3.05, 3.63) is 17.0 Å². The maximum absolute atomic E-state index is 11.7. The van der Waals surface area contributed by atoms with Crippen molar-refractivity contribution in [3.8, 4) is 0 Å². The molecule has 2 aliphatic heterocycles. The van der Waals surface area contributed by atoms with Gasteiger partial charge in [0.2, 0.25) is 0 Å². The molecule has 1 aromatic heterocycles. The molecule has 0 spiro atoms. The standard InChI is InChI=1S/C11H14N2O2S3/c1-2-7-3-4-10(17-7)13-9-6-18(14,15)5-8(9)12-11(13)16/h3-4,8-9H,2,5-6H2,1H3,(H,12,16)/t8-,9-/m1/s1. The van der Waals surface area contributed by atoms with Crippen molar-refractivity contribution >= 4 is 43.5 Å². The highest BCUT2D eigenvalue weighted by Crippen LogP contribution is 2.34. The van der Waals surface area contributed by atoms with Crippen molar-refractivity contribution in [1.82, 2.24) is 5.32 Å². The second-order valence-electron chi connectivity index (χ2n) is 4.66. The van der Waals surface area contributed by atoms with E-state index in [9.17, 15) is 8.42 Å². The Bertz CT molecular complexity index is 593. The number of sulfone groups is 1. The average Bonchev–Trinajstić information content (AvgIpc) is 2.90. The highest BCUT2D eigenvalue weighted by Gasteiger charge is 2.47. The third-order valence-electron chi connectivity index (χ3n) is 3.42. The van der Waals surface area contributed by atoms with Gasteiger partial charge in [-0.2, -0.15) is 0 Å². The molecule has 0 bridgehead atoms. The Morgan fingerprint density at radius 2 is 2.28 bits per heavy atom. The third-order valence-corrected chi connectivity index (χ3v) is 6.68. The molecule has 3 rings (SSSR count). The SMILES string of the molecule is CCc1ccc(N2C(=S)N[C@@H]3CS(=O)(=O)C[C@H]32)s1. The first-order chi connectivity index (χ1) is 8.50. The molecule has 0 amide bonds. The number of hydrogen-bond donors (Lipinski definition) is 1. The van der Waals surface area contributed by atoms with Gasteiger partial charge in [0.05, 0.1) is 28.6 Å². The molecule has 2 atom stereocenters. The topological polar surface area (TPSA) is 49.4 Å². The molecule has 4 nitrogen and oxygen atoms in total. The van der Waals surface area contributed by atoms with Crippen LogP contribution in [0.1, 0.15) is 11.8 Å². The molecular weight excluding hydrogens is 288 g/mol. The Kier molecular flexibility index (Phi) is 2.87. The monoisotopic (exact) mass is 302 g/mol. The van der Waals surface area contributed by atoms with Crippen LogP contribution in [0.15, 0.2) is 12.1 Å². The summed E-state index contributed by atoms with van der Waals surface area (Å²) in [7, 11) is -2.93. The lowest BCUT2D eigenvalue weighted by Gasteiger charge is -2.21. The fraction of sp³-hybridized carbons (Fsp3) is 0.545. The molecule has 2 saturated heterocycles. The second-order valence-corrected chi connectivity index (χ2v) is 8.35. The Balaban J connectivity index is 1.94. The minimum absolute atomic E-state index is 0.0362. The van der Waals surface area contributed by atoms with E-state index in [1.807, 2.05) is 11.0 Å². The van der Waals surface area contributed by atoms with Gasteiger partial charge in [-0.15, -0.1) is 11.3 Å². The summed E-state index contributed by atoms with van der Waals surface area (Å²) in [6.45, 7) is 2.11. The molecule has 7 heteroatoms. The smallest absolute Gasteiger partial charge is 0.174 e. The molecule has 0 saturated carbocycles. The summed E-state index contributed by atoms with van der Waals surface area (Å²) in [6, 6.07) is 4.03. The number of anilines is 1. The van der Waals surface area contributed by atoms with E-state index in [0.717, 1.165) is 11.4 Å². The Morgan fingerprint density at radius 1 is 1.50 bits per heavy atom. The first kappa shape index (κ1) is 12.4. The van der Waals surface area contributed by atoms with Gasteiger partial charge in [0, 0.05) is 4.88 Å². The van der Waals surface area contributed by atoms with Crippen molar-refractivity contribution in [3.63, 3.8) is 0 Å². The van der Waals surface area contributed by atoms with Crippen LogP contribution in [0.25, 0.3) is 0 Å². The van der Waals surface area contributed by atoms with Crippen LogP contribution in [0.3, 0.4) is 0 Å². The van der Waals surface area contributed by atoms with E-state index in [-0.39, 0.29) is 23.6 Å². The first-order valence-electron chi connectivity index (χ1n) is 5.89. The van der Waals surface area contributed by atoms with E-state index < -0.39 is 9.84 Å². The van der Waals surface area contributed by atoms with Crippen LogP contribution < -0.4 is 10.2 Å². The van der Waals surface area contributed by atoms with E-state index in [0.29, 0.717) is 5.11 Å². The summed E-state index contributed by atoms with van der Waals surface area (Å²) in [5.74, 6) is 0.393. The lowest BCUT2D eigenvalue weighted by molar-refractivity contribution is 0.600. The normalized spacial score (nSPS) is 29.4. The predicted octanol–water partition coefficient (Wildman–Crippen LogP) is 1.17. The van der Waals surface area contributed by atoms with Crippen molar-refractivity contribution in [1.29, 1.82) is 0 Å². The highest BCUT2D eigenvalue weighted by atomic mass is 32.2. The molecule has 0 aliphatic carbocycles. The van der Waals surface area contributed by atoms with Crippen LogP contribution in [0.2, 0.25) is 0 Å². The minimum atomic E-state index is -2.93. The Hall–Kier alpha value is -0.660. The van der Waals surface area contributed by atoms with E-state index in [2.05, 4.69) is 18.3 Å². The molecule has 0 unspecified atom stereocenters. The lowest BCUT2D eigenvalue weighted by atomic mass is 10.2. The number of hydrogen-bond acceptors (Lipinski definition) is 4. The van der Waals surface area contributed by atoms with Crippen molar-refractivity contribution in [2.45, 2.75) is 25.4 Å². The molecule has 3 heterocycles. The van der Waals surface area contributed by atoms with Gasteiger partial charge in [0.25, 0.3) is 0 Å². The zero-order valence-corrected chi connectivity index (χ0v) is 12.4. The van der Waals surface area contributed by atoms with E-state index in [1.54, 1.807) is 11.3 Å². The summed E-state index contributed by atoms with van der Waals surface area (Å²) in [5, 5.41) is 4.84. The number of nitrogens with one attached hydrogen (secondary N) is 1. The summed E-state index contributed by atoms with van der Waals surface area (Å²) in [6.07, 6.45) is 0.991. The van der Waals surface area contributed by atoms with Gasteiger partial charge in [-0.1, -0.05) is 6.92 Å². The molecule has 2 aliphatic rings. The molecule has 1 N–H and O–H groups in total. The van der Waals surface area contributed by atoms with Gasteiger partial charge >= 0.3 is 0 Å². The van der Waals surface area contributed by atoms with E-state index >= 15 is 0 Å². The molecule has 2 fully saturated rings. The fourth-order valence-corrected chi connectivity index (χ4v) is 5.89. The lowest BCUT2D eigenvalue weighted by Crippen LogP contribution is -2.36. The number of nitrogens with zero attached hydrogens (tertiary/aromatic N) is 1. The maximum Gasteiger partial charge on any atom is 0.174 e. The van der Waals surface area contributed by atoms with Crippen molar-refractivity contribution in [2.75, 3.05) is 16.4 Å². The largest absolute Gasteiger partial charge is 0.356 e. The van der Waals surface area contributed by atoms with Gasteiger partial charge < -0.3 is 10.2 Å². The van der Waals surface area contributed by atoms with Gasteiger partial charge in [-0.05, 0) is 30.8 Å². The van der Waals surface area contributed by atoms with Crippen LogP contribution in [0.4, 0.5) is 5.00 Å². The Labute approximate surface area is 116 Å². The number of aryl methyl sites for hydroxylation is 1. The van der Waals surface area contributed by atoms with Crippen molar-refractivity contribution < 1.29 is 8.42 Å². The van der Waals surface area contributed by atoms with Crippen LogP contribution in [0.5, 0.6) is 0 Å². The summed E-state index contributed by atoms with van der Waals surface area (Å²) < 4.78 is 23.4. The van der Waals surface area contributed by atoms with Gasteiger partial charge in [0.1, 0.15) is 0 Å². The average molecular weight is 302 g/mol. The van der Waals surface area contributed by atoms with E-state index in [1.165, 1.54) is 4.88 Å². The number of thiocarbonyl (C=S) groups is 1. The maximum atomic E-state index is 11.7. The van der Waals surface area contributed by atoms with Crippen molar-refractivity contribution in [2.24, 2.45) is 0 Å². The van der Waals surface area contributed by atoms with Crippen LogP contribution in [-0.2, 0) is 16.3 Å². The summed E-state index contributed by atoms with van der Waals surface area (Å²) in [5.41, 5.74) is 0. The van der Waals surface area contributed by atoms with Gasteiger partial charge in [0.15, 0.2) is 14.9 Å². The zero-order chi connectivity index (χ0) is 12.9. The Morgan fingerprint density at radius 3 is 2.94 bits per heavy atom. The van der Waals surface area contributed by atoms with E-state index in [4.69, 9.17) is 12.2 Å². The fourth-order valence-electron chi connectivity index (χ4n) is 2.55. The summed E-state index contributed by atoms with van der Waals surface area (Å²) in [4.78, 5) is 3.27. The molecule has 0 aromatic carbocycles. The number of thiophene rings is 1. The predicted molar refractivity (Wildman–Crippen MR) is 78.1 cm³/mol. The summed E-state index contributed by atoms with van der Waals surface area (Å²) >= 11 is 7.01. The molecule has 1 aromatic rings. The number of fused-ring (bicyclic) bond motifs is 1. The third kappa shape index (κ3) is 1.94. The number of rotatable bonds is 2. The first-order valence-corrected chi connectivity index (χ1v) is 8.93.